The Balaban J connectivity index is 1.53. The maximum absolute atomic E-state index is 13.3. The van der Waals surface area contributed by atoms with Gasteiger partial charge in [-0.1, -0.05) is 19.6 Å². The van der Waals surface area contributed by atoms with E-state index in [9.17, 15) is 4.79 Å². The number of Topliss-reactive ketones (excluding diaryl/α,β-unsaturated/α-hetero) is 1. The van der Waals surface area contributed by atoms with Crippen molar-refractivity contribution < 1.29 is 14.3 Å². The molecule has 0 atom stereocenters. The SMILES string of the molecule is C[Si](C)(C)CCOCn1cc(C(=O)CC2CCOCC2)c(-c2nc3c(s2)CCCC3)n1. The molecule has 170 valence electrons. The van der Waals surface area contributed by atoms with Crippen molar-refractivity contribution >= 4 is 25.2 Å². The lowest BCUT2D eigenvalue weighted by molar-refractivity contribution is 0.0601. The van der Waals surface area contributed by atoms with Gasteiger partial charge in [-0.2, -0.15) is 5.10 Å². The first-order valence-electron chi connectivity index (χ1n) is 11.6. The zero-order chi connectivity index (χ0) is 21.8. The Kier molecular flexibility index (Phi) is 7.41. The van der Waals surface area contributed by atoms with Crippen molar-refractivity contribution in [2.45, 2.75) is 77.4 Å². The maximum Gasteiger partial charge on any atom is 0.167 e. The van der Waals surface area contributed by atoms with Gasteiger partial charge in [-0.3, -0.25) is 4.79 Å². The van der Waals surface area contributed by atoms with Gasteiger partial charge in [0.2, 0.25) is 0 Å². The van der Waals surface area contributed by atoms with E-state index in [2.05, 4.69) is 19.6 Å². The summed E-state index contributed by atoms with van der Waals surface area (Å²) in [5.74, 6) is 0.568. The van der Waals surface area contributed by atoms with E-state index in [1.165, 1.54) is 23.4 Å². The van der Waals surface area contributed by atoms with Gasteiger partial charge in [-0.05, 0) is 50.5 Å². The molecule has 1 aliphatic carbocycles. The number of carbonyl (C=O) groups excluding carboxylic acids is 1. The first kappa shape index (κ1) is 22.8. The molecule has 0 radical (unpaired) electrons. The van der Waals surface area contributed by atoms with Crippen LogP contribution in [0.25, 0.3) is 10.7 Å². The van der Waals surface area contributed by atoms with Crippen LogP contribution in [0, 0.1) is 5.92 Å². The highest BCUT2D eigenvalue weighted by Crippen LogP contribution is 2.34. The van der Waals surface area contributed by atoms with E-state index in [0.717, 1.165) is 62.2 Å². The minimum atomic E-state index is -1.13. The maximum atomic E-state index is 13.3. The van der Waals surface area contributed by atoms with E-state index >= 15 is 0 Å². The molecule has 0 bridgehead atoms. The van der Waals surface area contributed by atoms with Crippen molar-refractivity contribution in [3.8, 4) is 10.7 Å². The molecule has 1 saturated heterocycles. The van der Waals surface area contributed by atoms with Gasteiger partial charge in [0.25, 0.3) is 0 Å². The van der Waals surface area contributed by atoms with Gasteiger partial charge in [0.1, 0.15) is 17.4 Å². The number of aryl methyl sites for hydroxylation is 2. The second-order valence-corrected chi connectivity index (χ2v) is 16.8. The Morgan fingerprint density at radius 1 is 1.26 bits per heavy atom. The molecule has 2 aliphatic rings. The normalized spacial score (nSPS) is 17.6. The van der Waals surface area contributed by atoms with Gasteiger partial charge in [0.05, 0.1) is 11.3 Å². The van der Waals surface area contributed by atoms with Gasteiger partial charge in [-0.25, -0.2) is 9.67 Å². The Morgan fingerprint density at radius 3 is 2.77 bits per heavy atom. The number of hydrogen-bond acceptors (Lipinski definition) is 6. The second-order valence-electron chi connectivity index (χ2n) is 10.1. The van der Waals surface area contributed by atoms with Gasteiger partial charge in [-0.15, -0.1) is 11.3 Å². The zero-order valence-electron chi connectivity index (χ0n) is 19.1. The molecule has 1 aliphatic heterocycles. The fraction of sp³-hybridized carbons (Fsp3) is 0.696. The van der Waals surface area contributed by atoms with Crippen molar-refractivity contribution in [1.82, 2.24) is 14.8 Å². The first-order chi connectivity index (χ1) is 14.9. The Hall–Kier alpha value is -1.35. The van der Waals surface area contributed by atoms with Crippen molar-refractivity contribution in [3.05, 3.63) is 22.3 Å². The highest BCUT2D eigenvalue weighted by Gasteiger charge is 2.26. The third kappa shape index (κ3) is 6.12. The summed E-state index contributed by atoms with van der Waals surface area (Å²) in [7, 11) is -1.13. The molecule has 0 saturated carbocycles. The monoisotopic (exact) mass is 461 g/mol. The fourth-order valence-electron chi connectivity index (χ4n) is 4.16. The van der Waals surface area contributed by atoms with E-state index < -0.39 is 8.07 Å². The van der Waals surface area contributed by atoms with Crippen LogP contribution in [-0.2, 0) is 29.0 Å². The van der Waals surface area contributed by atoms with Crippen molar-refractivity contribution in [2.75, 3.05) is 19.8 Å². The predicted molar refractivity (Wildman–Crippen MR) is 127 cm³/mol. The van der Waals surface area contributed by atoms with E-state index in [4.69, 9.17) is 19.6 Å². The summed E-state index contributed by atoms with van der Waals surface area (Å²) >= 11 is 1.72. The van der Waals surface area contributed by atoms with Gasteiger partial charge >= 0.3 is 0 Å². The summed E-state index contributed by atoms with van der Waals surface area (Å²) in [6.45, 7) is 9.68. The molecule has 1 fully saturated rings. The molecular formula is C23H35N3O3SSi. The van der Waals surface area contributed by atoms with Crippen LogP contribution in [0.5, 0.6) is 0 Å². The number of thiazole rings is 1. The molecule has 0 spiro atoms. The molecule has 6 nitrogen and oxygen atoms in total. The Labute approximate surface area is 190 Å². The van der Waals surface area contributed by atoms with Crippen LogP contribution >= 0.6 is 11.3 Å². The Morgan fingerprint density at radius 2 is 2.03 bits per heavy atom. The smallest absolute Gasteiger partial charge is 0.167 e. The highest BCUT2D eigenvalue weighted by atomic mass is 32.1. The molecule has 3 heterocycles. The molecule has 0 N–H and O–H groups in total. The number of ether oxygens (including phenoxy) is 2. The van der Waals surface area contributed by atoms with Gasteiger partial charge in [0, 0.05) is 45.4 Å². The summed E-state index contributed by atoms with van der Waals surface area (Å²) in [6.07, 6.45) is 8.92. The number of carbonyl (C=O) groups is 1. The number of fused-ring (bicyclic) bond motifs is 1. The van der Waals surface area contributed by atoms with Crippen molar-refractivity contribution in [1.29, 1.82) is 0 Å². The molecular weight excluding hydrogens is 426 g/mol. The van der Waals surface area contributed by atoms with Crippen molar-refractivity contribution in [3.63, 3.8) is 0 Å². The van der Waals surface area contributed by atoms with Crippen LogP contribution in [0.1, 0.15) is 53.0 Å². The van der Waals surface area contributed by atoms with E-state index in [0.29, 0.717) is 24.6 Å². The van der Waals surface area contributed by atoms with E-state index in [-0.39, 0.29) is 5.78 Å². The van der Waals surface area contributed by atoms with Crippen LogP contribution in [0.15, 0.2) is 6.20 Å². The average Bonchev–Trinajstić information content (AvgIpc) is 3.35. The van der Waals surface area contributed by atoms with E-state index in [1.54, 1.807) is 16.0 Å². The lowest BCUT2D eigenvalue weighted by Crippen LogP contribution is -2.22. The summed E-state index contributed by atoms with van der Waals surface area (Å²) in [5.41, 5.74) is 2.65. The summed E-state index contributed by atoms with van der Waals surface area (Å²) < 4.78 is 13.1. The number of ketones is 1. The van der Waals surface area contributed by atoms with Crippen LogP contribution < -0.4 is 0 Å². The average molecular weight is 462 g/mol. The fourth-order valence-corrected chi connectivity index (χ4v) is 6.07. The minimum absolute atomic E-state index is 0.170. The number of rotatable bonds is 9. The van der Waals surface area contributed by atoms with Crippen LogP contribution in [-0.4, -0.2) is 48.4 Å². The van der Waals surface area contributed by atoms with Gasteiger partial charge in [0.15, 0.2) is 5.78 Å². The Bertz CT molecular complexity index is 873. The summed E-state index contributed by atoms with van der Waals surface area (Å²) in [6, 6.07) is 1.12. The molecule has 31 heavy (non-hydrogen) atoms. The topological polar surface area (TPSA) is 66.2 Å². The second kappa shape index (κ2) is 10.1. The zero-order valence-corrected chi connectivity index (χ0v) is 20.9. The summed E-state index contributed by atoms with van der Waals surface area (Å²) in [4.78, 5) is 19.5. The number of hydrogen-bond donors (Lipinski definition) is 0. The number of aromatic nitrogens is 3. The lowest BCUT2D eigenvalue weighted by Gasteiger charge is -2.21. The standard InChI is InChI=1S/C23H35N3O3SSi/c1-31(2,3)13-12-29-16-26-15-18(20(27)14-17-8-10-28-11-9-17)22(25-26)23-24-19-6-4-5-7-21(19)30-23/h15,17H,4-14,16H2,1-3H3. The molecule has 4 rings (SSSR count). The molecule has 8 heteroatoms. The van der Waals surface area contributed by atoms with Crippen LogP contribution in [0.2, 0.25) is 25.7 Å². The van der Waals surface area contributed by atoms with E-state index in [1.807, 2.05) is 6.20 Å². The molecule has 0 unspecified atom stereocenters. The quantitative estimate of drug-likeness (QED) is 0.292. The lowest BCUT2D eigenvalue weighted by atomic mass is 9.92. The minimum Gasteiger partial charge on any atom is -0.381 e. The first-order valence-corrected chi connectivity index (χ1v) is 16.2. The third-order valence-electron chi connectivity index (χ3n) is 6.15. The van der Waals surface area contributed by atoms with Gasteiger partial charge < -0.3 is 9.47 Å². The molecule has 0 amide bonds. The largest absolute Gasteiger partial charge is 0.381 e. The summed E-state index contributed by atoms with van der Waals surface area (Å²) in [5, 5.41) is 5.67. The van der Waals surface area contributed by atoms with Crippen molar-refractivity contribution in [2.24, 2.45) is 5.92 Å². The number of nitrogens with zero attached hydrogens (tertiary/aromatic N) is 3. The van der Waals surface area contributed by atoms with Crippen LogP contribution in [0.4, 0.5) is 0 Å². The molecule has 2 aromatic heterocycles. The highest BCUT2D eigenvalue weighted by molar-refractivity contribution is 7.15. The molecule has 0 aromatic carbocycles. The third-order valence-corrected chi connectivity index (χ3v) is 9.01. The van der Waals surface area contributed by atoms with Crippen LogP contribution in [0.3, 0.4) is 0 Å². The predicted octanol–water partition coefficient (Wildman–Crippen LogP) is 5.20. The molecule has 2 aromatic rings.